The second-order valence-corrected chi connectivity index (χ2v) is 6.16. The number of alkyl halides is 3. The van der Waals surface area contributed by atoms with Crippen LogP contribution in [0.3, 0.4) is 0 Å². The van der Waals surface area contributed by atoms with Gasteiger partial charge in [-0.05, 0) is 25.7 Å². The molecule has 1 aliphatic heterocycles. The lowest BCUT2D eigenvalue weighted by molar-refractivity contribution is -0.162. The number of halogens is 3. The standard InChI is InChI=1S/C14H19F3N2O4/c15-14(16,17)8-10(20)19-6-2-9(3-7-19)18-11(21)13(12(22)23)4-1-5-13/h9H,1-8H2,(H,18,21)(H,22,23). The molecular formula is C14H19F3N2O4. The molecule has 1 aliphatic carbocycles. The van der Waals surface area contributed by atoms with Gasteiger partial charge < -0.3 is 15.3 Å². The first kappa shape index (κ1) is 17.6. The van der Waals surface area contributed by atoms with Crippen LogP contribution in [0.4, 0.5) is 13.2 Å². The fourth-order valence-electron chi connectivity index (χ4n) is 2.95. The van der Waals surface area contributed by atoms with Crippen LogP contribution in [0.5, 0.6) is 0 Å². The fourth-order valence-corrected chi connectivity index (χ4v) is 2.95. The predicted molar refractivity (Wildman–Crippen MR) is 72.3 cm³/mol. The van der Waals surface area contributed by atoms with E-state index in [0.717, 1.165) is 4.90 Å². The Kier molecular flexibility index (Phi) is 4.86. The Labute approximate surface area is 131 Å². The molecule has 0 atom stereocenters. The molecular weight excluding hydrogens is 317 g/mol. The molecule has 23 heavy (non-hydrogen) atoms. The van der Waals surface area contributed by atoms with Crippen LogP contribution >= 0.6 is 0 Å². The molecule has 0 unspecified atom stereocenters. The van der Waals surface area contributed by atoms with Gasteiger partial charge >= 0.3 is 12.1 Å². The average molecular weight is 336 g/mol. The lowest BCUT2D eigenvalue weighted by Gasteiger charge is -2.39. The molecule has 2 N–H and O–H groups in total. The summed E-state index contributed by atoms with van der Waals surface area (Å²) in [5, 5.41) is 11.9. The molecule has 2 aliphatic rings. The van der Waals surface area contributed by atoms with E-state index in [9.17, 15) is 32.7 Å². The molecule has 130 valence electrons. The number of piperidine rings is 1. The molecule has 1 heterocycles. The van der Waals surface area contributed by atoms with E-state index < -0.39 is 35.8 Å². The number of nitrogens with zero attached hydrogens (tertiary/aromatic N) is 1. The number of hydrogen-bond acceptors (Lipinski definition) is 3. The Morgan fingerprint density at radius 1 is 1.17 bits per heavy atom. The number of carboxylic acids is 1. The van der Waals surface area contributed by atoms with E-state index in [1.807, 2.05) is 0 Å². The van der Waals surface area contributed by atoms with Crippen LogP contribution in [0.25, 0.3) is 0 Å². The number of likely N-dealkylation sites (tertiary alicyclic amines) is 1. The first-order valence-corrected chi connectivity index (χ1v) is 7.53. The first-order chi connectivity index (χ1) is 10.6. The quantitative estimate of drug-likeness (QED) is 0.758. The van der Waals surface area contributed by atoms with Crippen molar-refractivity contribution in [2.24, 2.45) is 5.41 Å². The number of hydrogen-bond donors (Lipinski definition) is 2. The second-order valence-electron chi connectivity index (χ2n) is 6.16. The third-order valence-corrected chi connectivity index (χ3v) is 4.59. The van der Waals surface area contributed by atoms with Gasteiger partial charge in [-0.2, -0.15) is 13.2 Å². The molecule has 0 aromatic carbocycles. The van der Waals surface area contributed by atoms with Gasteiger partial charge in [0, 0.05) is 19.1 Å². The van der Waals surface area contributed by atoms with E-state index in [1.54, 1.807) is 0 Å². The number of carboxylic acid groups (broad SMARTS) is 1. The number of carbonyl (C=O) groups is 3. The second kappa shape index (κ2) is 6.37. The Morgan fingerprint density at radius 2 is 1.74 bits per heavy atom. The molecule has 0 spiro atoms. The summed E-state index contributed by atoms with van der Waals surface area (Å²) < 4.78 is 36.6. The zero-order chi connectivity index (χ0) is 17.3. The number of rotatable bonds is 4. The van der Waals surface area contributed by atoms with Crippen molar-refractivity contribution in [3.05, 3.63) is 0 Å². The lowest BCUT2D eigenvalue weighted by atomic mass is 9.68. The number of aliphatic carboxylic acids is 1. The van der Waals surface area contributed by atoms with Gasteiger partial charge in [-0.25, -0.2) is 0 Å². The van der Waals surface area contributed by atoms with Crippen LogP contribution in [-0.2, 0) is 14.4 Å². The highest BCUT2D eigenvalue weighted by molar-refractivity contribution is 6.02. The van der Waals surface area contributed by atoms with Crippen LogP contribution < -0.4 is 5.32 Å². The number of nitrogens with one attached hydrogen (secondary N) is 1. The number of carbonyl (C=O) groups excluding carboxylic acids is 2. The van der Waals surface area contributed by atoms with Gasteiger partial charge in [0.1, 0.15) is 11.8 Å². The third-order valence-electron chi connectivity index (χ3n) is 4.59. The number of amides is 2. The van der Waals surface area contributed by atoms with Crippen molar-refractivity contribution in [1.82, 2.24) is 10.2 Å². The van der Waals surface area contributed by atoms with Crippen LogP contribution in [0.2, 0.25) is 0 Å². The van der Waals surface area contributed by atoms with Crippen molar-refractivity contribution in [2.75, 3.05) is 13.1 Å². The summed E-state index contributed by atoms with van der Waals surface area (Å²) >= 11 is 0. The maximum Gasteiger partial charge on any atom is 0.397 e. The Hall–Kier alpha value is -1.80. The first-order valence-electron chi connectivity index (χ1n) is 7.53. The normalized spacial score (nSPS) is 21.4. The van der Waals surface area contributed by atoms with Crippen LogP contribution in [-0.4, -0.2) is 53.1 Å². The van der Waals surface area contributed by atoms with Crippen molar-refractivity contribution in [3.63, 3.8) is 0 Å². The SMILES string of the molecule is O=C(CC(F)(F)F)N1CCC(NC(=O)C2(C(=O)O)CCC2)CC1. The lowest BCUT2D eigenvalue weighted by Crippen LogP contribution is -2.55. The zero-order valence-corrected chi connectivity index (χ0v) is 12.5. The van der Waals surface area contributed by atoms with Crippen LogP contribution in [0.15, 0.2) is 0 Å². The highest BCUT2D eigenvalue weighted by Gasteiger charge is 2.51. The molecule has 1 saturated carbocycles. The van der Waals surface area contributed by atoms with Crippen molar-refractivity contribution in [2.45, 2.75) is 50.7 Å². The molecule has 0 aromatic rings. The molecule has 0 bridgehead atoms. The predicted octanol–water partition coefficient (Wildman–Crippen LogP) is 1.30. The summed E-state index contributed by atoms with van der Waals surface area (Å²) in [5.74, 6) is -2.64. The maximum absolute atomic E-state index is 12.2. The smallest absolute Gasteiger partial charge is 0.397 e. The van der Waals surface area contributed by atoms with Gasteiger partial charge in [0.25, 0.3) is 0 Å². The van der Waals surface area contributed by atoms with E-state index in [0.29, 0.717) is 32.1 Å². The van der Waals surface area contributed by atoms with E-state index in [4.69, 9.17) is 0 Å². The molecule has 2 amide bonds. The minimum absolute atomic E-state index is 0.125. The average Bonchev–Trinajstić information content (AvgIpc) is 2.35. The summed E-state index contributed by atoms with van der Waals surface area (Å²) in [6, 6.07) is -0.311. The highest BCUT2D eigenvalue weighted by Crippen LogP contribution is 2.41. The van der Waals surface area contributed by atoms with E-state index in [-0.39, 0.29) is 19.1 Å². The van der Waals surface area contributed by atoms with Crippen molar-refractivity contribution in [3.8, 4) is 0 Å². The molecule has 6 nitrogen and oxygen atoms in total. The van der Waals surface area contributed by atoms with E-state index in [2.05, 4.69) is 5.32 Å². The summed E-state index contributed by atoms with van der Waals surface area (Å²) in [5.41, 5.74) is -1.36. The summed E-state index contributed by atoms with van der Waals surface area (Å²) in [4.78, 5) is 36.0. The van der Waals surface area contributed by atoms with Crippen molar-refractivity contribution in [1.29, 1.82) is 0 Å². The Morgan fingerprint density at radius 3 is 2.13 bits per heavy atom. The van der Waals surface area contributed by atoms with Gasteiger partial charge in [0.15, 0.2) is 0 Å². The Balaban J connectivity index is 1.82. The van der Waals surface area contributed by atoms with Crippen LogP contribution in [0.1, 0.15) is 38.5 Å². The summed E-state index contributed by atoms with van der Waals surface area (Å²) in [6.45, 7) is 0.250. The largest absolute Gasteiger partial charge is 0.480 e. The van der Waals surface area contributed by atoms with Gasteiger partial charge in [-0.3, -0.25) is 14.4 Å². The minimum atomic E-state index is -4.53. The maximum atomic E-state index is 12.2. The fraction of sp³-hybridized carbons (Fsp3) is 0.786. The molecule has 2 fully saturated rings. The third kappa shape index (κ3) is 3.94. The topological polar surface area (TPSA) is 86.7 Å². The minimum Gasteiger partial charge on any atom is -0.480 e. The van der Waals surface area contributed by atoms with Gasteiger partial charge in [-0.1, -0.05) is 6.42 Å². The van der Waals surface area contributed by atoms with Crippen molar-refractivity contribution >= 4 is 17.8 Å². The van der Waals surface area contributed by atoms with Crippen LogP contribution in [0, 0.1) is 5.41 Å². The molecule has 1 saturated heterocycles. The summed E-state index contributed by atoms with van der Waals surface area (Å²) in [6.07, 6.45) is -4.07. The van der Waals surface area contributed by atoms with E-state index >= 15 is 0 Å². The van der Waals surface area contributed by atoms with Gasteiger partial charge in [-0.15, -0.1) is 0 Å². The molecule has 0 aromatic heterocycles. The van der Waals surface area contributed by atoms with Crippen molar-refractivity contribution < 1.29 is 32.7 Å². The van der Waals surface area contributed by atoms with Gasteiger partial charge in [0.2, 0.25) is 11.8 Å². The summed E-state index contributed by atoms with van der Waals surface area (Å²) in [7, 11) is 0. The molecule has 9 heteroatoms. The monoisotopic (exact) mass is 336 g/mol. The van der Waals surface area contributed by atoms with Gasteiger partial charge in [0.05, 0.1) is 0 Å². The highest BCUT2D eigenvalue weighted by atomic mass is 19.4. The zero-order valence-electron chi connectivity index (χ0n) is 12.5. The van der Waals surface area contributed by atoms with E-state index in [1.165, 1.54) is 0 Å². The molecule has 2 rings (SSSR count). The molecule has 0 radical (unpaired) electrons. The Bertz CT molecular complexity index is 495.